The molecule has 1 aliphatic heterocycles. The van der Waals surface area contributed by atoms with Crippen LogP contribution in [-0.4, -0.2) is 24.0 Å². The molecule has 0 saturated carbocycles. The number of nitrogens with zero attached hydrogens (tertiary/aromatic N) is 1. The molecule has 0 aromatic heterocycles. The highest BCUT2D eigenvalue weighted by Crippen LogP contribution is 2.38. The van der Waals surface area contributed by atoms with E-state index in [1.807, 2.05) is 19.1 Å². The molecular formula is C19H18Cl2N2O3. The van der Waals surface area contributed by atoms with Crippen LogP contribution in [0.25, 0.3) is 0 Å². The molecule has 1 aliphatic rings. The lowest BCUT2D eigenvalue weighted by molar-refractivity contribution is -0.133. The first-order chi connectivity index (χ1) is 12.2. The van der Waals surface area contributed by atoms with Gasteiger partial charge in [0.1, 0.15) is 12.3 Å². The van der Waals surface area contributed by atoms with Gasteiger partial charge in [-0.1, -0.05) is 29.3 Å². The molecule has 3 rings (SSSR count). The Morgan fingerprint density at radius 1 is 1.19 bits per heavy atom. The van der Waals surface area contributed by atoms with Gasteiger partial charge in [0.25, 0.3) is 5.91 Å². The Morgan fingerprint density at radius 2 is 1.92 bits per heavy atom. The fraction of sp³-hybridized carbons (Fsp3) is 0.263. The molecule has 0 fully saturated rings. The minimum absolute atomic E-state index is 0.162. The first-order valence-corrected chi connectivity index (χ1v) is 8.79. The van der Waals surface area contributed by atoms with Gasteiger partial charge < -0.3 is 10.1 Å². The van der Waals surface area contributed by atoms with E-state index >= 15 is 0 Å². The molecule has 7 heteroatoms. The summed E-state index contributed by atoms with van der Waals surface area (Å²) < 4.78 is 5.79. The highest BCUT2D eigenvalue weighted by Gasteiger charge is 2.41. The summed E-state index contributed by atoms with van der Waals surface area (Å²) >= 11 is 12.0. The number of fused-ring (bicyclic) bond motifs is 1. The van der Waals surface area contributed by atoms with Gasteiger partial charge in [0.05, 0.1) is 16.4 Å². The van der Waals surface area contributed by atoms with E-state index in [1.54, 1.807) is 38.1 Å². The topological polar surface area (TPSA) is 58.6 Å². The summed E-state index contributed by atoms with van der Waals surface area (Å²) in [6.45, 7) is 5.10. The smallest absolute Gasteiger partial charge is 0.271 e. The van der Waals surface area contributed by atoms with Crippen molar-refractivity contribution in [3.05, 3.63) is 52.0 Å². The number of halogens is 2. The normalized spacial score (nSPS) is 15.3. The van der Waals surface area contributed by atoms with Crippen molar-refractivity contribution in [1.29, 1.82) is 0 Å². The summed E-state index contributed by atoms with van der Waals surface area (Å²) in [7, 11) is 0. The van der Waals surface area contributed by atoms with E-state index in [9.17, 15) is 9.59 Å². The zero-order chi connectivity index (χ0) is 19.1. The van der Waals surface area contributed by atoms with Crippen LogP contribution in [0.15, 0.2) is 36.4 Å². The average molecular weight is 393 g/mol. The number of anilines is 2. The molecule has 2 aromatic rings. The third-order valence-electron chi connectivity index (χ3n) is 4.03. The Balaban J connectivity index is 1.88. The maximum Gasteiger partial charge on any atom is 0.271 e. The number of amides is 2. The van der Waals surface area contributed by atoms with Crippen molar-refractivity contribution in [2.75, 3.05) is 16.8 Å². The number of hydrogen-bond acceptors (Lipinski definition) is 3. The van der Waals surface area contributed by atoms with E-state index in [0.29, 0.717) is 27.2 Å². The van der Waals surface area contributed by atoms with Gasteiger partial charge in [-0.2, -0.15) is 0 Å². The highest BCUT2D eigenvalue weighted by atomic mass is 35.5. The average Bonchev–Trinajstić information content (AvgIpc) is 2.56. The SMILES string of the molecule is Cc1ccc2c(c1)N(CC(=O)Nc1cc(Cl)ccc1Cl)C(=O)C(C)(C)O2. The van der Waals surface area contributed by atoms with Gasteiger partial charge in [-0.15, -0.1) is 0 Å². The van der Waals surface area contributed by atoms with E-state index in [2.05, 4.69) is 5.32 Å². The molecule has 0 radical (unpaired) electrons. The summed E-state index contributed by atoms with van der Waals surface area (Å²) in [5, 5.41) is 3.52. The zero-order valence-electron chi connectivity index (χ0n) is 14.6. The van der Waals surface area contributed by atoms with Gasteiger partial charge in [0.15, 0.2) is 5.60 Å². The Labute approximate surface area is 161 Å². The molecule has 5 nitrogen and oxygen atoms in total. The highest BCUT2D eigenvalue weighted by molar-refractivity contribution is 6.35. The van der Waals surface area contributed by atoms with Crippen LogP contribution in [0, 0.1) is 6.92 Å². The molecule has 0 saturated heterocycles. The molecule has 0 spiro atoms. The van der Waals surface area contributed by atoms with Crippen molar-refractivity contribution in [3.63, 3.8) is 0 Å². The summed E-state index contributed by atoms with van der Waals surface area (Å²) in [6.07, 6.45) is 0. The Bertz CT molecular complexity index is 896. The Kier molecular flexibility index (Phi) is 4.86. The molecular weight excluding hydrogens is 375 g/mol. The van der Waals surface area contributed by atoms with Gasteiger partial charge >= 0.3 is 0 Å². The molecule has 26 heavy (non-hydrogen) atoms. The molecule has 2 amide bonds. The largest absolute Gasteiger partial charge is 0.476 e. The third-order valence-corrected chi connectivity index (χ3v) is 4.60. The molecule has 2 aromatic carbocycles. The molecule has 136 valence electrons. The number of benzene rings is 2. The number of carbonyl (C=O) groups is 2. The van der Waals surface area contributed by atoms with Crippen LogP contribution in [0.4, 0.5) is 11.4 Å². The van der Waals surface area contributed by atoms with E-state index < -0.39 is 5.60 Å². The second-order valence-corrected chi connectivity index (χ2v) is 7.49. The van der Waals surface area contributed by atoms with Crippen molar-refractivity contribution in [1.82, 2.24) is 0 Å². The monoisotopic (exact) mass is 392 g/mol. The number of aryl methyl sites for hydroxylation is 1. The van der Waals surface area contributed by atoms with Crippen LogP contribution >= 0.6 is 23.2 Å². The predicted octanol–water partition coefficient (Wildman–Crippen LogP) is 4.44. The minimum Gasteiger partial charge on any atom is -0.476 e. The van der Waals surface area contributed by atoms with Crippen LogP contribution < -0.4 is 15.0 Å². The van der Waals surface area contributed by atoms with E-state index in [4.69, 9.17) is 27.9 Å². The van der Waals surface area contributed by atoms with Crippen molar-refractivity contribution in [2.45, 2.75) is 26.4 Å². The van der Waals surface area contributed by atoms with Gasteiger partial charge in [-0.3, -0.25) is 14.5 Å². The minimum atomic E-state index is -1.06. The number of ether oxygens (including phenoxy) is 1. The fourth-order valence-corrected chi connectivity index (χ4v) is 3.10. The molecule has 0 aliphatic carbocycles. The van der Waals surface area contributed by atoms with E-state index in [-0.39, 0.29) is 18.4 Å². The lowest BCUT2D eigenvalue weighted by Crippen LogP contribution is -2.54. The first kappa shape index (κ1) is 18.5. The maximum absolute atomic E-state index is 12.8. The second-order valence-electron chi connectivity index (χ2n) is 6.65. The van der Waals surface area contributed by atoms with Crippen LogP contribution in [0.5, 0.6) is 5.75 Å². The first-order valence-electron chi connectivity index (χ1n) is 8.04. The lowest BCUT2D eigenvalue weighted by atomic mass is 10.0. The molecule has 0 atom stereocenters. The van der Waals surface area contributed by atoms with Gasteiger partial charge in [0.2, 0.25) is 5.91 Å². The molecule has 1 N–H and O–H groups in total. The standard InChI is InChI=1S/C19H18Cl2N2O3/c1-11-4-7-16-15(8-11)23(18(25)19(2,3)26-16)10-17(24)22-14-9-12(20)5-6-13(14)21/h4-9H,10H2,1-3H3,(H,22,24). The van der Waals surface area contributed by atoms with E-state index in [1.165, 1.54) is 4.90 Å². The second kappa shape index (κ2) is 6.82. The fourth-order valence-electron chi connectivity index (χ4n) is 2.76. The van der Waals surface area contributed by atoms with Crippen LogP contribution in [0.2, 0.25) is 10.0 Å². The quantitative estimate of drug-likeness (QED) is 0.839. The molecule has 0 bridgehead atoms. The number of carbonyl (C=O) groups excluding carboxylic acids is 2. The summed E-state index contributed by atoms with van der Waals surface area (Å²) in [6, 6.07) is 10.3. The van der Waals surface area contributed by atoms with Crippen molar-refractivity contribution < 1.29 is 14.3 Å². The third kappa shape index (κ3) is 3.64. The molecule has 0 unspecified atom stereocenters. The summed E-state index contributed by atoms with van der Waals surface area (Å²) in [4.78, 5) is 26.8. The van der Waals surface area contributed by atoms with Gasteiger partial charge in [0, 0.05) is 5.02 Å². The van der Waals surface area contributed by atoms with Crippen molar-refractivity contribution >= 4 is 46.4 Å². The van der Waals surface area contributed by atoms with Crippen LogP contribution in [-0.2, 0) is 9.59 Å². The van der Waals surface area contributed by atoms with Crippen molar-refractivity contribution in [2.24, 2.45) is 0 Å². The molecule has 1 heterocycles. The Hall–Kier alpha value is -2.24. The van der Waals surface area contributed by atoms with Crippen molar-refractivity contribution in [3.8, 4) is 5.75 Å². The van der Waals surface area contributed by atoms with Gasteiger partial charge in [-0.05, 0) is 56.7 Å². The predicted molar refractivity (Wildman–Crippen MR) is 103 cm³/mol. The van der Waals surface area contributed by atoms with E-state index in [0.717, 1.165) is 5.56 Å². The number of nitrogens with one attached hydrogen (secondary N) is 1. The van der Waals surface area contributed by atoms with Crippen LogP contribution in [0.3, 0.4) is 0 Å². The zero-order valence-corrected chi connectivity index (χ0v) is 16.1. The maximum atomic E-state index is 12.8. The summed E-state index contributed by atoms with van der Waals surface area (Å²) in [5.74, 6) is -0.107. The number of rotatable bonds is 3. The van der Waals surface area contributed by atoms with Gasteiger partial charge in [-0.25, -0.2) is 0 Å². The Morgan fingerprint density at radius 3 is 2.65 bits per heavy atom. The lowest BCUT2D eigenvalue weighted by Gasteiger charge is -2.38. The van der Waals surface area contributed by atoms with Crippen LogP contribution in [0.1, 0.15) is 19.4 Å². The number of hydrogen-bond donors (Lipinski definition) is 1. The summed E-state index contributed by atoms with van der Waals surface area (Å²) in [5.41, 5.74) is 0.870.